The predicted molar refractivity (Wildman–Crippen MR) is 80.7 cm³/mol. The van der Waals surface area contributed by atoms with Crippen LogP contribution in [-0.4, -0.2) is 24.1 Å². The monoisotopic (exact) mass is 292 g/mol. The van der Waals surface area contributed by atoms with Gasteiger partial charge in [0.25, 0.3) is 0 Å². The smallest absolute Gasteiger partial charge is 0.161 e. The van der Waals surface area contributed by atoms with Crippen LogP contribution in [0.2, 0.25) is 0 Å². The number of hydrogen-bond acceptors (Lipinski definition) is 4. The number of carbonyl (C=O) groups excluding carboxylic acids is 1. The SMILES string of the molecule is COc1ccc(C(O)C2CCC(=O)CC2)cc1OC(C)C. The quantitative estimate of drug-likeness (QED) is 0.905. The average Bonchev–Trinajstić information content (AvgIpc) is 2.46. The lowest BCUT2D eigenvalue weighted by Crippen LogP contribution is -2.20. The molecule has 4 nitrogen and oxygen atoms in total. The van der Waals surface area contributed by atoms with Crippen LogP contribution < -0.4 is 9.47 Å². The van der Waals surface area contributed by atoms with Gasteiger partial charge in [0.15, 0.2) is 11.5 Å². The van der Waals surface area contributed by atoms with E-state index in [2.05, 4.69) is 0 Å². The maximum absolute atomic E-state index is 11.3. The number of Topliss-reactive ketones (excluding diaryl/α,β-unsaturated/α-hetero) is 1. The van der Waals surface area contributed by atoms with Crippen LogP contribution in [0.5, 0.6) is 11.5 Å². The van der Waals surface area contributed by atoms with E-state index in [4.69, 9.17) is 9.47 Å². The number of aliphatic hydroxyl groups is 1. The van der Waals surface area contributed by atoms with E-state index in [0.29, 0.717) is 30.1 Å². The molecule has 1 atom stereocenters. The van der Waals surface area contributed by atoms with Gasteiger partial charge in [0, 0.05) is 12.8 Å². The molecule has 116 valence electrons. The molecule has 1 aromatic carbocycles. The molecule has 0 amide bonds. The Labute approximate surface area is 126 Å². The second kappa shape index (κ2) is 6.94. The second-order valence-corrected chi connectivity index (χ2v) is 5.90. The molecule has 1 aliphatic rings. The van der Waals surface area contributed by atoms with Crippen molar-refractivity contribution in [3.63, 3.8) is 0 Å². The molecule has 0 spiro atoms. The molecular formula is C17H24O4. The number of ketones is 1. The minimum absolute atomic E-state index is 0.0404. The molecule has 0 aromatic heterocycles. The highest BCUT2D eigenvalue weighted by atomic mass is 16.5. The van der Waals surface area contributed by atoms with Gasteiger partial charge in [-0.05, 0) is 50.3 Å². The maximum atomic E-state index is 11.3. The fourth-order valence-corrected chi connectivity index (χ4v) is 2.77. The van der Waals surface area contributed by atoms with Crippen molar-refractivity contribution in [3.8, 4) is 11.5 Å². The van der Waals surface area contributed by atoms with E-state index < -0.39 is 6.10 Å². The predicted octanol–water partition coefficient (Wildman–Crippen LogP) is 3.28. The molecule has 0 radical (unpaired) electrons. The summed E-state index contributed by atoms with van der Waals surface area (Å²) in [6.07, 6.45) is 2.15. The van der Waals surface area contributed by atoms with E-state index >= 15 is 0 Å². The molecule has 0 heterocycles. The molecule has 1 aromatic rings. The fraction of sp³-hybridized carbons (Fsp3) is 0.588. The number of aliphatic hydroxyl groups excluding tert-OH is 1. The molecule has 1 unspecified atom stereocenters. The summed E-state index contributed by atoms with van der Waals surface area (Å²) in [6.45, 7) is 3.91. The molecule has 1 fully saturated rings. The highest BCUT2D eigenvalue weighted by Gasteiger charge is 2.26. The van der Waals surface area contributed by atoms with Crippen LogP contribution in [0.1, 0.15) is 51.2 Å². The summed E-state index contributed by atoms with van der Waals surface area (Å²) in [4.78, 5) is 11.3. The van der Waals surface area contributed by atoms with Gasteiger partial charge in [0.05, 0.1) is 19.3 Å². The van der Waals surface area contributed by atoms with E-state index in [9.17, 15) is 9.90 Å². The highest BCUT2D eigenvalue weighted by molar-refractivity contribution is 5.79. The maximum Gasteiger partial charge on any atom is 0.161 e. The van der Waals surface area contributed by atoms with Crippen LogP contribution >= 0.6 is 0 Å². The zero-order valence-corrected chi connectivity index (χ0v) is 13.0. The summed E-state index contributed by atoms with van der Waals surface area (Å²) in [5.74, 6) is 1.76. The minimum Gasteiger partial charge on any atom is -0.493 e. The summed E-state index contributed by atoms with van der Waals surface area (Å²) < 4.78 is 11.0. The first-order valence-electron chi connectivity index (χ1n) is 7.55. The summed E-state index contributed by atoms with van der Waals surface area (Å²) in [7, 11) is 1.60. The lowest BCUT2D eigenvalue weighted by molar-refractivity contribution is -0.121. The largest absolute Gasteiger partial charge is 0.493 e. The summed E-state index contributed by atoms with van der Waals surface area (Å²) in [5.41, 5.74) is 0.825. The van der Waals surface area contributed by atoms with E-state index in [1.54, 1.807) is 7.11 Å². The van der Waals surface area contributed by atoms with Gasteiger partial charge in [0.1, 0.15) is 5.78 Å². The Bertz CT molecular complexity index is 486. The number of benzene rings is 1. The van der Waals surface area contributed by atoms with Crippen molar-refractivity contribution in [3.05, 3.63) is 23.8 Å². The lowest BCUT2D eigenvalue weighted by atomic mass is 9.82. The van der Waals surface area contributed by atoms with Crippen molar-refractivity contribution in [2.24, 2.45) is 5.92 Å². The number of ether oxygens (including phenoxy) is 2. The fourth-order valence-electron chi connectivity index (χ4n) is 2.77. The molecule has 21 heavy (non-hydrogen) atoms. The first-order valence-corrected chi connectivity index (χ1v) is 7.55. The summed E-state index contributed by atoms with van der Waals surface area (Å²) in [6, 6.07) is 5.54. The molecule has 2 rings (SSSR count). The molecule has 4 heteroatoms. The van der Waals surface area contributed by atoms with Gasteiger partial charge >= 0.3 is 0 Å². The Kier molecular flexibility index (Phi) is 5.23. The van der Waals surface area contributed by atoms with Crippen LogP contribution in [0.25, 0.3) is 0 Å². The van der Waals surface area contributed by atoms with Gasteiger partial charge in [-0.1, -0.05) is 6.07 Å². The van der Waals surface area contributed by atoms with Gasteiger partial charge in [-0.15, -0.1) is 0 Å². The molecule has 0 bridgehead atoms. The van der Waals surface area contributed by atoms with Crippen LogP contribution in [0.4, 0.5) is 0 Å². The third-order valence-corrected chi connectivity index (χ3v) is 3.93. The van der Waals surface area contributed by atoms with Crippen LogP contribution in [0.3, 0.4) is 0 Å². The van der Waals surface area contributed by atoms with E-state index in [1.807, 2.05) is 32.0 Å². The number of carbonyl (C=O) groups is 1. The second-order valence-electron chi connectivity index (χ2n) is 5.90. The summed E-state index contributed by atoms with van der Waals surface area (Å²) in [5, 5.41) is 10.5. The van der Waals surface area contributed by atoms with Gasteiger partial charge in [-0.25, -0.2) is 0 Å². The van der Waals surface area contributed by atoms with Crippen molar-refractivity contribution >= 4 is 5.78 Å². The van der Waals surface area contributed by atoms with E-state index in [-0.39, 0.29) is 12.0 Å². The van der Waals surface area contributed by atoms with Crippen molar-refractivity contribution in [1.29, 1.82) is 0 Å². The average molecular weight is 292 g/mol. The first kappa shape index (κ1) is 15.8. The Balaban J connectivity index is 2.16. The highest BCUT2D eigenvalue weighted by Crippen LogP contribution is 2.37. The van der Waals surface area contributed by atoms with E-state index in [1.165, 1.54) is 0 Å². The summed E-state index contributed by atoms with van der Waals surface area (Å²) >= 11 is 0. The molecule has 0 aliphatic heterocycles. The number of methoxy groups -OCH3 is 1. The molecule has 1 saturated carbocycles. The van der Waals surface area contributed by atoms with Gasteiger partial charge in [-0.2, -0.15) is 0 Å². The van der Waals surface area contributed by atoms with Crippen molar-refractivity contribution < 1.29 is 19.4 Å². The third-order valence-electron chi connectivity index (χ3n) is 3.93. The Hall–Kier alpha value is -1.55. The lowest BCUT2D eigenvalue weighted by Gasteiger charge is -2.27. The normalized spacial score (nSPS) is 17.9. The van der Waals surface area contributed by atoms with Crippen molar-refractivity contribution in [2.75, 3.05) is 7.11 Å². The van der Waals surface area contributed by atoms with Gasteiger partial charge in [0.2, 0.25) is 0 Å². The molecule has 1 N–H and O–H groups in total. The Morgan fingerprint density at radius 1 is 1.19 bits per heavy atom. The first-order chi connectivity index (χ1) is 10.0. The molecule has 0 saturated heterocycles. The van der Waals surface area contributed by atoms with Crippen molar-refractivity contribution in [1.82, 2.24) is 0 Å². The van der Waals surface area contributed by atoms with Gasteiger partial charge < -0.3 is 14.6 Å². The Morgan fingerprint density at radius 3 is 2.43 bits per heavy atom. The topological polar surface area (TPSA) is 55.8 Å². The third kappa shape index (κ3) is 3.97. The van der Waals surface area contributed by atoms with Gasteiger partial charge in [-0.3, -0.25) is 4.79 Å². The van der Waals surface area contributed by atoms with E-state index in [0.717, 1.165) is 18.4 Å². The number of rotatable bonds is 5. The van der Waals surface area contributed by atoms with Crippen LogP contribution in [-0.2, 0) is 4.79 Å². The molecule has 1 aliphatic carbocycles. The van der Waals surface area contributed by atoms with Crippen LogP contribution in [0, 0.1) is 5.92 Å². The standard InChI is InChI=1S/C17H24O4/c1-11(2)21-16-10-13(6-9-15(16)20-3)17(19)12-4-7-14(18)8-5-12/h6,9-12,17,19H,4-5,7-8H2,1-3H3. The zero-order chi connectivity index (χ0) is 15.4. The minimum atomic E-state index is -0.557. The number of hydrogen-bond donors (Lipinski definition) is 1. The zero-order valence-electron chi connectivity index (χ0n) is 13.0. The molecular weight excluding hydrogens is 268 g/mol. The van der Waals surface area contributed by atoms with Crippen molar-refractivity contribution in [2.45, 2.75) is 51.7 Å². The Morgan fingerprint density at radius 2 is 1.86 bits per heavy atom. The van der Waals surface area contributed by atoms with Crippen LogP contribution in [0.15, 0.2) is 18.2 Å².